The lowest BCUT2D eigenvalue weighted by Crippen LogP contribution is -2.16. The second-order valence-corrected chi connectivity index (χ2v) is 8.59. The molecule has 3 aromatic rings. The molecule has 7 nitrogen and oxygen atoms in total. The van der Waals surface area contributed by atoms with Crippen molar-refractivity contribution in [3.05, 3.63) is 74.0 Å². The van der Waals surface area contributed by atoms with Gasteiger partial charge in [0.15, 0.2) is 11.5 Å². The number of aromatic nitrogens is 1. The van der Waals surface area contributed by atoms with E-state index in [1.165, 1.54) is 21.3 Å². The topological polar surface area (TPSA) is 84.0 Å². The Morgan fingerprint density at radius 3 is 2.00 bits per heavy atom. The highest BCUT2D eigenvalue weighted by Crippen LogP contribution is 2.42. The van der Waals surface area contributed by atoms with Gasteiger partial charge in [0.25, 0.3) is 0 Å². The van der Waals surface area contributed by atoms with Crippen LogP contribution in [0, 0.1) is 13.8 Å². The van der Waals surface area contributed by atoms with Gasteiger partial charge in [-0.2, -0.15) is 0 Å². The number of benzene rings is 2. The van der Waals surface area contributed by atoms with E-state index >= 15 is 0 Å². The molecule has 0 amide bonds. The van der Waals surface area contributed by atoms with E-state index < -0.39 is 11.9 Å². The van der Waals surface area contributed by atoms with Crippen LogP contribution in [-0.4, -0.2) is 38.3 Å². The Labute approximate surface area is 211 Å². The Hall–Kier alpha value is -3.10. The first-order chi connectivity index (χ1) is 16.2. The molecular weight excluding hydrogens is 526 g/mol. The van der Waals surface area contributed by atoms with Crippen LogP contribution in [0.25, 0.3) is 11.1 Å². The minimum Gasteiger partial charge on any atom is -0.493 e. The molecule has 0 N–H and O–H groups in total. The maximum atomic E-state index is 12.7. The van der Waals surface area contributed by atoms with Gasteiger partial charge in [0.1, 0.15) is 6.61 Å². The molecule has 9 heteroatoms. The van der Waals surface area contributed by atoms with Crippen molar-refractivity contribution in [1.29, 1.82) is 0 Å². The average molecular weight is 549 g/mol. The third-order valence-corrected chi connectivity index (χ3v) is 5.99. The summed E-state index contributed by atoms with van der Waals surface area (Å²) in [5.41, 5.74) is 2.96. The molecule has 0 aliphatic heterocycles. The number of nitrogens with zero attached hydrogens (tertiary/aromatic N) is 1. The van der Waals surface area contributed by atoms with Gasteiger partial charge in [-0.15, -0.1) is 0 Å². The molecular formula is C25H23BrClNO6. The number of hydrogen-bond acceptors (Lipinski definition) is 7. The van der Waals surface area contributed by atoms with Gasteiger partial charge in [-0.05, 0) is 65.2 Å². The Morgan fingerprint density at radius 2 is 1.50 bits per heavy atom. The van der Waals surface area contributed by atoms with Gasteiger partial charge in [0.2, 0.25) is 0 Å². The van der Waals surface area contributed by atoms with E-state index in [2.05, 4.69) is 20.9 Å². The summed E-state index contributed by atoms with van der Waals surface area (Å²) in [6, 6.07) is 10.7. The fourth-order valence-electron chi connectivity index (χ4n) is 3.58. The molecule has 2 aromatic carbocycles. The van der Waals surface area contributed by atoms with Gasteiger partial charge in [-0.3, -0.25) is 4.98 Å². The molecule has 0 spiro atoms. The van der Waals surface area contributed by atoms with E-state index in [1.807, 2.05) is 12.1 Å². The molecule has 0 aliphatic carbocycles. The predicted molar refractivity (Wildman–Crippen MR) is 132 cm³/mol. The number of rotatable bonds is 7. The number of methoxy groups -OCH3 is 3. The summed E-state index contributed by atoms with van der Waals surface area (Å²) in [6.45, 7) is 3.64. The Bertz CT molecular complexity index is 1200. The Morgan fingerprint density at radius 1 is 0.941 bits per heavy atom. The summed E-state index contributed by atoms with van der Waals surface area (Å²) in [4.78, 5) is 29.8. The van der Waals surface area contributed by atoms with Crippen LogP contribution in [0.1, 0.15) is 37.7 Å². The first-order valence-electron chi connectivity index (χ1n) is 10.1. The molecule has 1 aromatic heterocycles. The van der Waals surface area contributed by atoms with Gasteiger partial charge in [0, 0.05) is 10.6 Å². The van der Waals surface area contributed by atoms with Crippen molar-refractivity contribution in [1.82, 2.24) is 4.98 Å². The molecule has 178 valence electrons. The second-order valence-electron chi connectivity index (χ2n) is 7.30. The maximum absolute atomic E-state index is 12.7. The van der Waals surface area contributed by atoms with Crippen molar-refractivity contribution in [3.63, 3.8) is 0 Å². The molecule has 0 radical (unpaired) electrons. The number of carbonyl (C=O) groups is 2. The van der Waals surface area contributed by atoms with Crippen LogP contribution in [0.2, 0.25) is 5.02 Å². The van der Waals surface area contributed by atoms with Gasteiger partial charge >= 0.3 is 11.9 Å². The lowest BCUT2D eigenvalue weighted by atomic mass is 9.92. The van der Waals surface area contributed by atoms with E-state index in [9.17, 15) is 9.59 Å². The highest BCUT2D eigenvalue weighted by atomic mass is 79.9. The molecule has 0 aliphatic rings. The molecule has 0 saturated heterocycles. The van der Waals surface area contributed by atoms with Crippen LogP contribution >= 0.6 is 27.5 Å². The van der Waals surface area contributed by atoms with Crippen LogP contribution in [0.4, 0.5) is 0 Å². The lowest BCUT2D eigenvalue weighted by molar-refractivity contribution is 0.0599. The number of esters is 2. The van der Waals surface area contributed by atoms with Crippen LogP contribution in [0.3, 0.4) is 0 Å². The Kier molecular flexibility index (Phi) is 8.17. The van der Waals surface area contributed by atoms with Gasteiger partial charge < -0.3 is 18.9 Å². The summed E-state index contributed by atoms with van der Waals surface area (Å²) >= 11 is 9.49. The molecule has 0 bridgehead atoms. The summed E-state index contributed by atoms with van der Waals surface area (Å²) < 4.78 is 22.1. The van der Waals surface area contributed by atoms with E-state index in [0.717, 1.165) is 5.56 Å². The van der Waals surface area contributed by atoms with Crippen molar-refractivity contribution >= 4 is 39.5 Å². The fourth-order valence-corrected chi connectivity index (χ4v) is 4.27. The number of ether oxygens (including phenoxy) is 4. The molecule has 1 heterocycles. The maximum Gasteiger partial charge on any atom is 0.340 e. The summed E-state index contributed by atoms with van der Waals surface area (Å²) in [5.74, 6) is -0.383. The largest absolute Gasteiger partial charge is 0.493 e. The number of pyridine rings is 1. The van der Waals surface area contributed by atoms with E-state index in [1.54, 1.807) is 38.1 Å². The van der Waals surface area contributed by atoms with Crippen LogP contribution in [0.15, 0.2) is 40.9 Å². The van der Waals surface area contributed by atoms with Crippen molar-refractivity contribution in [2.45, 2.75) is 20.5 Å². The average Bonchev–Trinajstić information content (AvgIpc) is 2.82. The highest BCUT2D eigenvalue weighted by Gasteiger charge is 2.28. The highest BCUT2D eigenvalue weighted by molar-refractivity contribution is 9.10. The SMILES string of the molecule is COC(=O)c1c(C)nc(C)c(C(=O)OC)c1-c1cc(Br)c(OCc2ccc(Cl)cc2)c(OC)c1. The third kappa shape index (κ3) is 5.18. The molecule has 0 atom stereocenters. The minimum atomic E-state index is -0.622. The molecule has 0 unspecified atom stereocenters. The number of aryl methyl sites for hydroxylation is 2. The second kappa shape index (κ2) is 10.9. The van der Waals surface area contributed by atoms with E-state index in [-0.39, 0.29) is 17.7 Å². The molecule has 0 fully saturated rings. The monoisotopic (exact) mass is 547 g/mol. The first kappa shape index (κ1) is 25.5. The van der Waals surface area contributed by atoms with Gasteiger partial charge in [-0.1, -0.05) is 23.7 Å². The smallest absolute Gasteiger partial charge is 0.340 e. The van der Waals surface area contributed by atoms with Crippen molar-refractivity contribution in [3.8, 4) is 22.6 Å². The predicted octanol–water partition coefficient (Wildman–Crippen LogP) is 5.94. The van der Waals surface area contributed by atoms with E-state index in [4.69, 9.17) is 30.5 Å². The summed E-state index contributed by atoms with van der Waals surface area (Å²) in [7, 11) is 4.05. The van der Waals surface area contributed by atoms with Gasteiger partial charge in [0.05, 0.1) is 48.3 Å². The zero-order chi connectivity index (χ0) is 25.0. The number of carbonyl (C=O) groups excluding carboxylic acids is 2. The van der Waals surface area contributed by atoms with Gasteiger partial charge in [-0.25, -0.2) is 9.59 Å². The summed E-state index contributed by atoms with van der Waals surface area (Å²) in [6.07, 6.45) is 0. The first-order valence-corrected chi connectivity index (χ1v) is 11.3. The summed E-state index contributed by atoms with van der Waals surface area (Å²) in [5, 5.41) is 0.637. The minimum absolute atomic E-state index is 0.164. The third-order valence-electron chi connectivity index (χ3n) is 5.15. The standard InChI is InChI=1S/C25H23BrClNO6/c1-13-20(24(29)32-4)22(21(14(2)28-13)25(30)33-5)16-10-18(26)23(19(11-16)31-3)34-12-15-6-8-17(27)9-7-15/h6-11H,12H2,1-5H3. The number of hydrogen-bond donors (Lipinski definition) is 0. The quantitative estimate of drug-likeness (QED) is 0.338. The molecule has 34 heavy (non-hydrogen) atoms. The van der Waals surface area contributed by atoms with Crippen LogP contribution in [-0.2, 0) is 16.1 Å². The Balaban J connectivity index is 2.18. The van der Waals surface area contributed by atoms with Crippen molar-refractivity contribution < 1.29 is 28.5 Å². The fraction of sp³-hybridized carbons (Fsp3) is 0.240. The zero-order valence-corrected chi connectivity index (χ0v) is 21.7. The van der Waals surface area contributed by atoms with Crippen molar-refractivity contribution in [2.24, 2.45) is 0 Å². The number of halogens is 2. The van der Waals surface area contributed by atoms with Crippen LogP contribution in [0.5, 0.6) is 11.5 Å². The zero-order valence-electron chi connectivity index (χ0n) is 19.3. The molecule has 3 rings (SSSR count). The lowest BCUT2D eigenvalue weighted by Gasteiger charge is -2.19. The van der Waals surface area contributed by atoms with Crippen molar-refractivity contribution in [2.75, 3.05) is 21.3 Å². The van der Waals surface area contributed by atoms with E-state index in [0.29, 0.717) is 43.5 Å². The van der Waals surface area contributed by atoms with Crippen LogP contribution < -0.4 is 9.47 Å². The molecule has 0 saturated carbocycles. The normalized spacial score (nSPS) is 10.6.